The van der Waals surface area contributed by atoms with Gasteiger partial charge in [-0.1, -0.05) is 13.0 Å². The lowest BCUT2D eigenvalue weighted by Crippen LogP contribution is -2.22. The molecular formula is C13H17N3S. The minimum absolute atomic E-state index is 0.813. The fourth-order valence-corrected chi connectivity index (χ4v) is 2.41. The Hall–Kier alpha value is -1.55. The molecule has 0 aliphatic carbocycles. The average Bonchev–Trinajstić information content (AvgIpc) is 2.81. The highest BCUT2D eigenvalue weighted by Crippen LogP contribution is 2.21. The van der Waals surface area contributed by atoms with Crippen molar-refractivity contribution in [2.24, 2.45) is 0 Å². The Kier molecular flexibility index (Phi) is 3.98. The number of thiazole rings is 1. The molecule has 1 aromatic carbocycles. The number of hydrogen-bond donors (Lipinski definition) is 1. The molecule has 0 bridgehead atoms. The van der Waals surface area contributed by atoms with Crippen molar-refractivity contribution in [1.82, 2.24) is 4.98 Å². The number of benzene rings is 1. The van der Waals surface area contributed by atoms with Gasteiger partial charge in [-0.2, -0.15) is 0 Å². The summed E-state index contributed by atoms with van der Waals surface area (Å²) in [6, 6.07) is 8.05. The predicted molar refractivity (Wildman–Crippen MR) is 74.3 cm³/mol. The van der Waals surface area contributed by atoms with Crippen LogP contribution < -0.4 is 10.6 Å². The van der Waals surface area contributed by atoms with Crippen molar-refractivity contribution in [3.05, 3.63) is 40.8 Å². The number of anilines is 2. The molecule has 0 aliphatic rings. The second-order valence-corrected chi connectivity index (χ2v) is 4.96. The molecular weight excluding hydrogens is 230 g/mol. The number of rotatable bonds is 5. The van der Waals surface area contributed by atoms with Crippen LogP contribution in [0.3, 0.4) is 0 Å². The maximum absolute atomic E-state index is 5.83. The average molecular weight is 247 g/mol. The molecule has 3 nitrogen and oxygen atoms in total. The number of hydrogen-bond acceptors (Lipinski definition) is 4. The molecule has 4 heteroatoms. The highest BCUT2D eigenvalue weighted by molar-refractivity contribution is 7.09. The van der Waals surface area contributed by atoms with Crippen molar-refractivity contribution >= 4 is 22.7 Å². The minimum Gasteiger partial charge on any atom is -0.399 e. The van der Waals surface area contributed by atoms with Gasteiger partial charge in [0.05, 0.1) is 12.1 Å². The summed E-state index contributed by atoms with van der Waals surface area (Å²) in [6.45, 7) is 4.12. The first-order chi connectivity index (χ1) is 8.29. The van der Waals surface area contributed by atoms with E-state index < -0.39 is 0 Å². The lowest BCUT2D eigenvalue weighted by Gasteiger charge is -2.23. The summed E-state index contributed by atoms with van der Waals surface area (Å²) in [7, 11) is 0. The molecule has 0 radical (unpaired) electrons. The second kappa shape index (κ2) is 5.68. The van der Waals surface area contributed by atoms with Crippen molar-refractivity contribution in [3.8, 4) is 0 Å². The first kappa shape index (κ1) is 11.9. The molecule has 2 N–H and O–H groups in total. The quantitative estimate of drug-likeness (QED) is 0.825. The van der Waals surface area contributed by atoms with E-state index in [4.69, 9.17) is 5.73 Å². The summed E-state index contributed by atoms with van der Waals surface area (Å²) >= 11 is 1.69. The van der Waals surface area contributed by atoms with Crippen molar-refractivity contribution < 1.29 is 0 Å². The van der Waals surface area contributed by atoms with Crippen molar-refractivity contribution in [2.45, 2.75) is 19.9 Å². The third kappa shape index (κ3) is 3.20. The Balaban J connectivity index is 2.16. The van der Waals surface area contributed by atoms with E-state index in [2.05, 4.69) is 22.9 Å². The molecule has 0 spiro atoms. The molecule has 90 valence electrons. The van der Waals surface area contributed by atoms with Gasteiger partial charge in [-0.25, -0.2) is 0 Å². The van der Waals surface area contributed by atoms with Crippen molar-refractivity contribution in [1.29, 1.82) is 0 Å². The Bertz CT molecular complexity index is 453. The van der Waals surface area contributed by atoms with E-state index >= 15 is 0 Å². The third-order valence-electron chi connectivity index (χ3n) is 2.56. The molecule has 0 atom stereocenters. The molecule has 0 amide bonds. The fraction of sp³-hybridized carbons (Fsp3) is 0.308. The van der Waals surface area contributed by atoms with E-state index in [0.29, 0.717) is 0 Å². The van der Waals surface area contributed by atoms with Crippen LogP contribution in [0.15, 0.2) is 36.0 Å². The number of nitrogens with two attached hydrogens (primary N) is 1. The lowest BCUT2D eigenvalue weighted by molar-refractivity contribution is 0.773. The number of nitrogens with zero attached hydrogens (tertiary/aromatic N) is 2. The van der Waals surface area contributed by atoms with Gasteiger partial charge in [0.15, 0.2) is 0 Å². The molecule has 2 aromatic rings. The Morgan fingerprint density at radius 2 is 2.29 bits per heavy atom. The van der Waals surface area contributed by atoms with Crippen molar-refractivity contribution in [2.75, 3.05) is 17.2 Å². The maximum atomic E-state index is 5.83. The molecule has 17 heavy (non-hydrogen) atoms. The van der Waals surface area contributed by atoms with Gasteiger partial charge < -0.3 is 10.6 Å². The summed E-state index contributed by atoms with van der Waals surface area (Å²) in [4.78, 5) is 7.73. The Morgan fingerprint density at radius 3 is 2.94 bits per heavy atom. The Morgan fingerprint density at radius 1 is 1.41 bits per heavy atom. The van der Waals surface area contributed by atoms with Crippen LogP contribution in [0, 0.1) is 0 Å². The van der Waals surface area contributed by atoms with Crippen LogP contribution in [0.1, 0.15) is 18.2 Å². The van der Waals surface area contributed by atoms with Gasteiger partial charge in [-0.3, -0.25) is 4.98 Å². The normalized spacial score (nSPS) is 10.4. The van der Waals surface area contributed by atoms with E-state index in [9.17, 15) is 0 Å². The fourth-order valence-electron chi connectivity index (χ4n) is 1.80. The van der Waals surface area contributed by atoms with Gasteiger partial charge in [0.25, 0.3) is 0 Å². The van der Waals surface area contributed by atoms with Crippen LogP contribution in [0.5, 0.6) is 0 Å². The van der Waals surface area contributed by atoms with E-state index in [0.717, 1.165) is 25.2 Å². The number of aromatic nitrogens is 1. The number of nitrogen functional groups attached to an aromatic ring is 1. The monoisotopic (exact) mass is 247 g/mol. The highest BCUT2D eigenvalue weighted by Gasteiger charge is 2.07. The Labute approximate surface area is 106 Å². The first-order valence-corrected chi connectivity index (χ1v) is 6.65. The zero-order valence-electron chi connectivity index (χ0n) is 9.97. The van der Waals surface area contributed by atoms with Crippen LogP contribution in [0.25, 0.3) is 0 Å². The van der Waals surface area contributed by atoms with Crippen LogP contribution in [0.2, 0.25) is 0 Å². The maximum Gasteiger partial charge on any atom is 0.0794 e. The standard InChI is InChI=1S/C13H17N3S/c1-2-6-16(9-13-8-15-10-17-13)12-5-3-4-11(14)7-12/h3-5,7-8,10H,2,6,9,14H2,1H3. The van der Waals surface area contributed by atoms with Gasteiger partial charge in [0.1, 0.15) is 0 Å². The predicted octanol–water partition coefficient (Wildman–Crippen LogP) is 3.14. The van der Waals surface area contributed by atoms with Gasteiger partial charge in [-0.15, -0.1) is 11.3 Å². The second-order valence-electron chi connectivity index (χ2n) is 3.98. The minimum atomic E-state index is 0.813. The highest BCUT2D eigenvalue weighted by atomic mass is 32.1. The smallest absolute Gasteiger partial charge is 0.0794 e. The molecule has 2 rings (SSSR count). The topological polar surface area (TPSA) is 42.2 Å². The van der Waals surface area contributed by atoms with Gasteiger partial charge in [-0.05, 0) is 24.6 Å². The molecule has 0 saturated heterocycles. The zero-order chi connectivity index (χ0) is 12.1. The lowest BCUT2D eigenvalue weighted by atomic mass is 10.2. The zero-order valence-corrected chi connectivity index (χ0v) is 10.8. The van der Waals surface area contributed by atoms with E-state index in [1.807, 2.05) is 29.9 Å². The summed E-state index contributed by atoms with van der Waals surface area (Å²) in [5, 5.41) is 0. The molecule has 0 unspecified atom stereocenters. The molecule has 0 saturated carbocycles. The van der Waals surface area contributed by atoms with E-state index in [1.165, 1.54) is 10.6 Å². The molecule has 0 aliphatic heterocycles. The summed E-state index contributed by atoms with van der Waals surface area (Å²) in [6.07, 6.45) is 3.05. The van der Waals surface area contributed by atoms with Crippen LogP contribution >= 0.6 is 11.3 Å². The largest absolute Gasteiger partial charge is 0.399 e. The summed E-state index contributed by atoms with van der Waals surface area (Å²) in [5.41, 5.74) is 9.70. The van der Waals surface area contributed by atoms with Crippen LogP contribution in [-0.2, 0) is 6.54 Å². The molecule has 1 heterocycles. The van der Waals surface area contributed by atoms with Crippen LogP contribution in [0.4, 0.5) is 11.4 Å². The summed E-state index contributed by atoms with van der Waals surface area (Å²) in [5.74, 6) is 0. The van der Waals surface area contributed by atoms with Gasteiger partial charge in [0, 0.05) is 29.0 Å². The van der Waals surface area contributed by atoms with Crippen molar-refractivity contribution in [3.63, 3.8) is 0 Å². The molecule has 0 fully saturated rings. The van der Waals surface area contributed by atoms with E-state index in [1.54, 1.807) is 11.3 Å². The summed E-state index contributed by atoms with van der Waals surface area (Å²) < 4.78 is 0. The van der Waals surface area contributed by atoms with Crippen LogP contribution in [-0.4, -0.2) is 11.5 Å². The van der Waals surface area contributed by atoms with E-state index in [-0.39, 0.29) is 0 Å². The van der Waals surface area contributed by atoms with Gasteiger partial charge >= 0.3 is 0 Å². The SMILES string of the molecule is CCCN(Cc1cncs1)c1cccc(N)c1. The third-order valence-corrected chi connectivity index (χ3v) is 3.32. The molecule has 1 aromatic heterocycles. The first-order valence-electron chi connectivity index (χ1n) is 5.77. The van der Waals surface area contributed by atoms with Gasteiger partial charge in [0.2, 0.25) is 0 Å².